The van der Waals surface area contributed by atoms with E-state index in [1.165, 1.54) is 0 Å². The molecule has 1 aliphatic rings. The second-order valence-corrected chi connectivity index (χ2v) is 5.86. The molecule has 8 heteroatoms. The maximum Gasteiger partial charge on any atom is 0.234 e. The fourth-order valence-electron chi connectivity index (χ4n) is 2.62. The third-order valence-corrected chi connectivity index (χ3v) is 3.89. The Balaban J connectivity index is 1.39. The minimum absolute atomic E-state index is 0.00592. The number of carbonyl (C=O) groups is 1. The number of pyridine rings is 1. The standard InChI is InChI=1S/C17H22N6O2/c24-17(20-10-14-3-1-5-18-9-14)13-23-7-8-25-15(12-23)11-19-16-4-2-6-21-22-16/h1-6,9,15H,7-8,10-13H2,(H,19,22)(H,20,24)/t15-/m1/s1. The molecule has 1 aliphatic heterocycles. The predicted octanol–water partition coefficient (Wildman–Crippen LogP) is 0.301. The molecule has 3 rings (SSSR count). The Morgan fingerprint density at radius 2 is 2.24 bits per heavy atom. The molecule has 0 spiro atoms. The van der Waals surface area contributed by atoms with Crippen molar-refractivity contribution < 1.29 is 9.53 Å². The highest BCUT2D eigenvalue weighted by Gasteiger charge is 2.22. The van der Waals surface area contributed by atoms with Gasteiger partial charge >= 0.3 is 0 Å². The summed E-state index contributed by atoms with van der Waals surface area (Å²) < 4.78 is 5.75. The van der Waals surface area contributed by atoms with Crippen molar-refractivity contribution in [2.75, 3.05) is 38.1 Å². The summed E-state index contributed by atoms with van der Waals surface area (Å²) in [6.07, 6.45) is 5.12. The van der Waals surface area contributed by atoms with Crippen LogP contribution in [-0.2, 0) is 16.1 Å². The van der Waals surface area contributed by atoms with Crippen LogP contribution in [0.4, 0.5) is 5.82 Å². The van der Waals surface area contributed by atoms with Crippen LogP contribution in [0, 0.1) is 0 Å². The Morgan fingerprint density at radius 1 is 1.32 bits per heavy atom. The number of anilines is 1. The van der Waals surface area contributed by atoms with Crippen LogP contribution in [-0.4, -0.2) is 64.9 Å². The van der Waals surface area contributed by atoms with Crippen molar-refractivity contribution in [3.8, 4) is 0 Å². The van der Waals surface area contributed by atoms with Crippen LogP contribution in [0.3, 0.4) is 0 Å². The fourth-order valence-corrected chi connectivity index (χ4v) is 2.62. The molecule has 2 N–H and O–H groups in total. The van der Waals surface area contributed by atoms with E-state index in [1.54, 1.807) is 18.6 Å². The lowest BCUT2D eigenvalue weighted by molar-refractivity contribution is -0.124. The van der Waals surface area contributed by atoms with Gasteiger partial charge in [0.05, 0.1) is 19.3 Å². The number of rotatable bonds is 7. The molecule has 0 aromatic carbocycles. The zero-order chi connectivity index (χ0) is 17.3. The second kappa shape index (κ2) is 9.05. The van der Waals surface area contributed by atoms with E-state index in [4.69, 9.17) is 4.74 Å². The Labute approximate surface area is 146 Å². The summed E-state index contributed by atoms with van der Waals surface area (Å²) in [7, 11) is 0. The van der Waals surface area contributed by atoms with Gasteiger partial charge in [0.15, 0.2) is 0 Å². The second-order valence-electron chi connectivity index (χ2n) is 5.86. The third-order valence-electron chi connectivity index (χ3n) is 3.89. The normalized spacial score (nSPS) is 17.8. The van der Waals surface area contributed by atoms with Gasteiger partial charge in [-0.3, -0.25) is 14.7 Å². The average Bonchev–Trinajstić information content (AvgIpc) is 2.67. The van der Waals surface area contributed by atoms with E-state index in [2.05, 4.69) is 30.7 Å². The van der Waals surface area contributed by atoms with E-state index >= 15 is 0 Å². The van der Waals surface area contributed by atoms with Gasteiger partial charge in [0.1, 0.15) is 5.82 Å². The smallest absolute Gasteiger partial charge is 0.234 e. The summed E-state index contributed by atoms with van der Waals surface area (Å²) in [4.78, 5) is 18.3. The van der Waals surface area contributed by atoms with Crippen molar-refractivity contribution in [2.45, 2.75) is 12.6 Å². The lowest BCUT2D eigenvalue weighted by Gasteiger charge is -2.32. The number of hydrogen-bond donors (Lipinski definition) is 2. The van der Waals surface area contributed by atoms with Crippen molar-refractivity contribution >= 4 is 11.7 Å². The molecule has 1 atom stereocenters. The maximum absolute atomic E-state index is 12.1. The highest BCUT2D eigenvalue weighted by atomic mass is 16.5. The van der Waals surface area contributed by atoms with Gasteiger partial charge in [-0.15, -0.1) is 5.10 Å². The zero-order valence-electron chi connectivity index (χ0n) is 14.0. The number of ether oxygens (including phenoxy) is 1. The number of nitrogens with zero attached hydrogens (tertiary/aromatic N) is 4. The van der Waals surface area contributed by atoms with Crippen LogP contribution >= 0.6 is 0 Å². The van der Waals surface area contributed by atoms with Gasteiger partial charge in [0, 0.05) is 44.8 Å². The van der Waals surface area contributed by atoms with Gasteiger partial charge in [-0.25, -0.2) is 0 Å². The molecule has 0 aliphatic carbocycles. The zero-order valence-corrected chi connectivity index (χ0v) is 14.0. The molecular formula is C17H22N6O2. The largest absolute Gasteiger partial charge is 0.374 e. The summed E-state index contributed by atoms with van der Waals surface area (Å²) in [5.74, 6) is 0.726. The highest BCUT2D eigenvalue weighted by Crippen LogP contribution is 2.07. The summed E-state index contributed by atoms with van der Waals surface area (Å²) in [6.45, 7) is 3.56. The quantitative estimate of drug-likeness (QED) is 0.748. The topological polar surface area (TPSA) is 92.3 Å². The van der Waals surface area contributed by atoms with Gasteiger partial charge in [-0.2, -0.15) is 5.10 Å². The summed E-state index contributed by atoms with van der Waals surface area (Å²) in [6, 6.07) is 7.49. The minimum atomic E-state index is 0.00592. The van der Waals surface area contributed by atoms with E-state index in [1.807, 2.05) is 24.3 Å². The minimum Gasteiger partial charge on any atom is -0.374 e. The van der Waals surface area contributed by atoms with Gasteiger partial charge in [-0.1, -0.05) is 6.07 Å². The first-order valence-corrected chi connectivity index (χ1v) is 8.31. The molecule has 2 aromatic rings. The summed E-state index contributed by atoms with van der Waals surface area (Å²) >= 11 is 0. The van der Waals surface area contributed by atoms with Crippen molar-refractivity contribution in [3.05, 3.63) is 48.4 Å². The van der Waals surface area contributed by atoms with Gasteiger partial charge in [-0.05, 0) is 23.8 Å². The highest BCUT2D eigenvalue weighted by molar-refractivity contribution is 5.78. The molecule has 0 unspecified atom stereocenters. The molecule has 8 nitrogen and oxygen atoms in total. The average molecular weight is 342 g/mol. The Bertz CT molecular complexity index is 655. The molecule has 3 heterocycles. The lowest BCUT2D eigenvalue weighted by Crippen LogP contribution is -2.48. The van der Waals surface area contributed by atoms with Crippen molar-refractivity contribution in [1.82, 2.24) is 25.4 Å². The molecule has 0 bridgehead atoms. The number of amides is 1. The van der Waals surface area contributed by atoms with Crippen LogP contribution in [0.25, 0.3) is 0 Å². The number of nitrogens with one attached hydrogen (secondary N) is 2. The van der Waals surface area contributed by atoms with Crippen molar-refractivity contribution in [3.63, 3.8) is 0 Å². The van der Waals surface area contributed by atoms with Gasteiger partial charge < -0.3 is 15.4 Å². The SMILES string of the molecule is O=C(CN1CCO[C@H](CNc2cccnn2)C1)NCc1cccnc1. The maximum atomic E-state index is 12.1. The van der Waals surface area contributed by atoms with Crippen LogP contribution in [0.5, 0.6) is 0 Å². The van der Waals surface area contributed by atoms with E-state index < -0.39 is 0 Å². The molecule has 2 aromatic heterocycles. The van der Waals surface area contributed by atoms with Gasteiger partial charge in [0.2, 0.25) is 5.91 Å². The number of morpholine rings is 1. The van der Waals surface area contributed by atoms with E-state index in [0.29, 0.717) is 32.8 Å². The molecule has 1 saturated heterocycles. The molecule has 1 fully saturated rings. The van der Waals surface area contributed by atoms with Crippen LogP contribution in [0.2, 0.25) is 0 Å². The summed E-state index contributed by atoms with van der Waals surface area (Å²) in [5.41, 5.74) is 0.990. The Kier molecular flexibility index (Phi) is 6.24. The van der Waals surface area contributed by atoms with E-state index in [0.717, 1.165) is 17.9 Å². The molecule has 0 radical (unpaired) electrons. The van der Waals surface area contributed by atoms with Crippen LogP contribution < -0.4 is 10.6 Å². The number of hydrogen-bond acceptors (Lipinski definition) is 7. The first-order chi connectivity index (χ1) is 12.3. The summed E-state index contributed by atoms with van der Waals surface area (Å²) in [5, 5.41) is 13.9. The Hall–Kier alpha value is -2.58. The molecule has 0 saturated carbocycles. The third kappa shape index (κ3) is 5.77. The van der Waals surface area contributed by atoms with E-state index in [9.17, 15) is 4.79 Å². The molecule has 25 heavy (non-hydrogen) atoms. The number of aromatic nitrogens is 3. The number of carbonyl (C=O) groups excluding carboxylic acids is 1. The first kappa shape index (κ1) is 17.2. The van der Waals surface area contributed by atoms with E-state index in [-0.39, 0.29) is 12.0 Å². The fraction of sp³-hybridized carbons (Fsp3) is 0.412. The predicted molar refractivity (Wildman–Crippen MR) is 92.8 cm³/mol. The van der Waals surface area contributed by atoms with Gasteiger partial charge in [0.25, 0.3) is 0 Å². The first-order valence-electron chi connectivity index (χ1n) is 8.31. The van der Waals surface area contributed by atoms with Crippen LogP contribution in [0.15, 0.2) is 42.9 Å². The lowest BCUT2D eigenvalue weighted by atomic mass is 10.2. The molecule has 132 valence electrons. The molecule has 1 amide bonds. The van der Waals surface area contributed by atoms with Crippen molar-refractivity contribution in [2.24, 2.45) is 0 Å². The Morgan fingerprint density at radius 3 is 3.04 bits per heavy atom. The van der Waals surface area contributed by atoms with Crippen molar-refractivity contribution in [1.29, 1.82) is 0 Å². The van der Waals surface area contributed by atoms with Crippen LogP contribution in [0.1, 0.15) is 5.56 Å². The molecular weight excluding hydrogens is 320 g/mol. The monoisotopic (exact) mass is 342 g/mol.